The van der Waals surface area contributed by atoms with Gasteiger partial charge in [0.25, 0.3) is 0 Å². The predicted molar refractivity (Wildman–Crippen MR) is 91.4 cm³/mol. The monoisotopic (exact) mass is 338 g/mol. The van der Waals surface area contributed by atoms with E-state index in [9.17, 15) is 4.79 Å². The number of hydrogen-bond acceptors (Lipinski definition) is 3. The van der Waals surface area contributed by atoms with E-state index in [1.807, 2.05) is 30.3 Å². The van der Waals surface area contributed by atoms with Crippen LogP contribution < -0.4 is 10.2 Å². The Bertz CT molecular complexity index is 858. The lowest BCUT2D eigenvalue weighted by Crippen LogP contribution is -2.04. The summed E-state index contributed by atoms with van der Waals surface area (Å²) >= 11 is 13.4. The van der Waals surface area contributed by atoms with Crippen LogP contribution in [0.5, 0.6) is 5.75 Å². The molecule has 0 radical (unpaired) electrons. The number of rotatable bonds is 4. The van der Waals surface area contributed by atoms with Crippen LogP contribution in [0.1, 0.15) is 6.42 Å². The number of alkyl halides is 1. The van der Waals surface area contributed by atoms with Crippen molar-refractivity contribution in [1.29, 1.82) is 0 Å². The van der Waals surface area contributed by atoms with Gasteiger partial charge in [-0.1, -0.05) is 23.7 Å². The van der Waals surface area contributed by atoms with Crippen LogP contribution >= 0.6 is 34.5 Å². The second-order valence-electron chi connectivity index (χ2n) is 4.57. The molecular weight excluding hydrogens is 327 g/mol. The first kappa shape index (κ1) is 14.6. The molecule has 0 aliphatic rings. The van der Waals surface area contributed by atoms with Gasteiger partial charge in [-0.25, -0.2) is 0 Å². The second-order valence-corrected chi connectivity index (χ2v) is 6.41. The Balaban J connectivity index is 2.27. The fourth-order valence-electron chi connectivity index (χ4n) is 2.19. The minimum absolute atomic E-state index is 0.0489. The van der Waals surface area contributed by atoms with Crippen LogP contribution in [-0.2, 0) is 0 Å². The molecule has 0 atom stereocenters. The highest BCUT2D eigenvalue weighted by Gasteiger charge is 2.13. The van der Waals surface area contributed by atoms with Crippen LogP contribution in [0.4, 0.5) is 0 Å². The van der Waals surface area contributed by atoms with E-state index < -0.39 is 0 Å². The molecule has 0 aliphatic carbocycles. The fourth-order valence-corrected chi connectivity index (χ4v) is 3.77. The van der Waals surface area contributed by atoms with E-state index in [2.05, 4.69) is 0 Å². The zero-order valence-corrected chi connectivity index (χ0v) is 13.4. The van der Waals surface area contributed by atoms with Crippen LogP contribution in [0.25, 0.3) is 20.2 Å². The minimum atomic E-state index is -0.0489. The lowest BCUT2D eigenvalue weighted by Gasteiger charge is -2.10. The Morgan fingerprint density at radius 3 is 2.76 bits per heavy atom. The Morgan fingerprint density at radius 1 is 1.14 bits per heavy atom. The van der Waals surface area contributed by atoms with Gasteiger partial charge < -0.3 is 4.74 Å². The maximum absolute atomic E-state index is 12.6. The maximum Gasteiger partial charge on any atom is 0.197 e. The largest absolute Gasteiger partial charge is 0.492 e. The van der Waals surface area contributed by atoms with Crippen molar-refractivity contribution in [3.05, 3.63) is 51.6 Å². The van der Waals surface area contributed by atoms with Crippen LogP contribution in [-0.4, -0.2) is 12.5 Å². The first-order chi connectivity index (χ1) is 10.2. The molecule has 0 saturated carbocycles. The average molecular weight is 339 g/mol. The van der Waals surface area contributed by atoms with Gasteiger partial charge in [-0.3, -0.25) is 4.79 Å². The molecule has 0 N–H and O–H groups in total. The smallest absolute Gasteiger partial charge is 0.197 e. The quantitative estimate of drug-likeness (QED) is 0.377. The summed E-state index contributed by atoms with van der Waals surface area (Å²) in [7, 11) is 0. The topological polar surface area (TPSA) is 26.3 Å². The van der Waals surface area contributed by atoms with Gasteiger partial charge in [-0.15, -0.1) is 22.9 Å². The Morgan fingerprint density at radius 2 is 1.95 bits per heavy atom. The molecule has 0 fully saturated rings. The second kappa shape index (κ2) is 6.22. The third kappa shape index (κ3) is 2.73. The summed E-state index contributed by atoms with van der Waals surface area (Å²) in [5.41, 5.74) is -0.0489. The summed E-state index contributed by atoms with van der Waals surface area (Å²) in [6.07, 6.45) is 0.758. The van der Waals surface area contributed by atoms with Crippen molar-refractivity contribution in [1.82, 2.24) is 0 Å². The Labute approximate surface area is 135 Å². The molecule has 0 unspecified atom stereocenters. The molecule has 5 heteroatoms. The van der Waals surface area contributed by atoms with Crippen LogP contribution in [0.15, 0.2) is 41.2 Å². The van der Waals surface area contributed by atoms with E-state index in [-0.39, 0.29) is 5.43 Å². The Hall–Kier alpha value is -1.29. The lowest BCUT2D eigenvalue weighted by molar-refractivity contribution is 0.322. The molecule has 1 aromatic heterocycles. The molecule has 0 amide bonds. The van der Waals surface area contributed by atoms with Crippen molar-refractivity contribution in [2.24, 2.45) is 0 Å². The van der Waals surface area contributed by atoms with Crippen molar-refractivity contribution in [2.75, 3.05) is 12.5 Å². The van der Waals surface area contributed by atoms with E-state index in [1.165, 1.54) is 11.3 Å². The van der Waals surface area contributed by atoms with Crippen molar-refractivity contribution in [2.45, 2.75) is 6.42 Å². The van der Waals surface area contributed by atoms with Crippen molar-refractivity contribution in [3.63, 3.8) is 0 Å². The summed E-state index contributed by atoms with van der Waals surface area (Å²) in [5, 5.41) is 1.68. The zero-order chi connectivity index (χ0) is 14.8. The summed E-state index contributed by atoms with van der Waals surface area (Å²) in [4.78, 5) is 12.6. The number of benzene rings is 2. The average Bonchev–Trinajstić information content (AvgIpc) is 2.50. The van der Waals surface area contributed by atoms with E-state index in [1.54, 1.807) is 6.07 Å². The molecule has 3 aromatic rings. The maximum atomic E-state index is 12.6. The normalized spacial score (nSPS) is 11.1. The lowest BCUT2D eigenvalue weighted by atomic mass is 10.2. The zero-order valence-electron chi connectivity index (χ0n) is 11.1. The van der Waals surface area contributed by atoms with Gasteiger partial charge >= 0.3 is 0 Å². The standard InChI is InChI=1S/C16H12Cl2O2S/c17-8-3-9-20-12-7-6-11(18)14-15(19)10-4-1-2-5-13(10)21-16(12)14/h1-2,4-7H,3,8-9H2. The first-order valence-electron chi connectivity index (χ1n) is 6.55. The number of fused-ring (bicyclic) bond motifs is 2. The summed E-state index contributed by atoms with van der Waals surface area (Å²) in [5.74, 6) is 1.23. The molecular formula is C16H12Cl2O2S. The van der Waals surface area contributed by atoms with Gasteiger partial charge in [0.15, 0.2) is 5.43 Å². The number of halogens is 2. The number of ether oxygens (including phenoxy) is 1. The molecule has 0 bridgehead atoms. The molecule has 0 saturated heterocycles. The van der Waals surface area contributed by atoms with E-state index in [0.717, 1.165) is 15.8 Å². The molecule has 108 valence electrons. The highest BCUT2D eigenvalue weighted by Crippen LogP contribution is 2.35. The van der Waals surface area contributed by atoms with Gasteiger partial charge in [0.05, 0.1) is 21.7 Å². The molecule has 0 aliphatic heterocycles. The fraction of sp³-hybridized carbons (Fsp3) is 0.188. The van der Waals surface area contributed by atoms with Gasteiger partial charge in [-0.05, 0) is 30.7 Å². The number of hydrogen-bond donors (Lipinski definition) is 0. The van der Waals surface area contributed by atoms with Gasteiger partial charge in [0.2, 0.25) is 0 Å². The molecule has 1 heterocycles. The van der Waals surface area contributed by atoms with E-state index >= 15 is 0 Å². The third-order valence-corrected chi connectivity index (χ3v) is 4.94. The summed E-state index contributed by atoms with van der Waals surface area (Å²) in [6.45, 7) is 0.522. The molecule has 2 nitrogen and oxygen atoms in total. The SMILES string of the molecule is O=c1c2ccccc2sc2c(OCCCCl)ccc(Cl)c12. The molecule has 3 rings (SSSR count). The van der Waals surface area contributed by atoms with Crippen molar-refractivity contribution in [3.8, 4) is 5.75 Å². The third-order valence-electron chi connectivity index (χ3n) is 3.18. The van der Waals surface area contributed by atoms with Crippen molar-refractivity contribution >= 4 is 54.7 Å². The molecule has 0 spiro atoms. The van der Waals surface area contributed by atoms with Crippen molar-refractivity contribution < 1.29 is 4.74 Å². The summed E-state index contributed by atoms with van der Waals surface area (Å²) < 4.78 is 7.47. The van der Waals surface area contributed by atoms with Gasteiger partial charge in [-0.2, -0.15) is 0 Å². The summed E-state index contributed by atoms with van der Waals surface area (Å²) in [6, 6.07) is 11.1. The molecule has 21 heavy (non-hydrogen) atoms. The minimum Gasteiger partial charge on any atom is -0.492 e. The Kier molecular flexibility index (Phi) is 4.34. The predicted octanol–water partition coefficient (Wildman–Crippen LogP) is 5.08. The van der Waals surface area contributed by atoms with Crippen LogP contribution in [0, 0.1) is 0 Å². The molecule has 2 aromatic carbocycles. The van der Waals surface area contributed by atoms with E-state index in [0.29, 0.717) is 34.0 Å². The van der Waals surface area contributed by atoms with Gasteiger partial charge in [0, 0.05) is 16.0 Å². The highest BCUT2D eigenvalue weighted by atomic mass is 35.5. The van der Waals surface area contributed by atoms with Crippen LogP contribution in [0.3, 0.4) is 0 Å². The highest BCUT2D eigenvalue weighted by molar-refractivity contribution is 7.25. The van der Waals surface area contributed by atoms with Gasteiger partial charge in [0.1, 0.15) is 5.75 Å². The van der Waals surface area contributed by atoms with Crippen LogP contribution in [0.2, 0.25) is 5.02 Å². The first-order valence-corrected chi connectivity index (χ1v) is 8.28. The van der Waals surface area contributed by atoms with E-state index in [4.69, 9.17) is 27.9 Å².